The van der Waals surface area contributed by atoms with Gasteiger partial charge in [0.25, 0.3) is 0 Å². The number of rotatable bonds is 5. The fourth-order valence-corrected chi connectivity index (χ4v) is 4.29. The quantitative estimate of drug-likeness (QED) is 0.643. The highest BCUT2D eigenvalue weighted by Crippen LogP contribution is 2.23. The molecule has 0 spiro atoms. The van der Waals surface area contributed by atoms with Crippen LogP contribution < -0.4 is 0 Å². The summed E-state index contributed by atoms with van der Waals surface area (Å²) < 4.78 is 29.9. The summed E-state index contributed by atoms with van der Waals surface area (Å²) in [6.07, 6.45) is 2.67. The SMILES string of the molecule is C[C@@H](OC(=O)[C@H]1CCCN1S(C)(=O)=O)C(=O)c1c[nH]c2ccccc12. The largest absolute Gasteiger partial charge is 0.453 e. The van der Waals surface area contributed by atoms with Crippen molar-refractivity contribution in [2.24, 2.45) is 0 Å². The molecule has 1 N–H and O–H groups in total. The molecule has 0 amide bonds. The van der Waals surface area contributed by atoms with Gasteiger partial charge in [0.05, 0.1) is 6.26 Å². The topological polar surface area (TPSA) is 96.5 Å². The van der Waals surface area contributed by atoms with Crippen molar-refractivity contribution < 1.29 is 22.7 Å². The molecule has 1 aliphatic heterocycles. The summed E-state index contributed by atoms with van der Waals surface area (Å²) in [6, 6.07) is 6.50. The first kappa shape index (κ1) is 17.6. The smallest absolute Gasteiger partial charge is 0.325 e. The van der Waals surface area contributed by atoms with Crippen molar-refractivity contribution >= 4 is 32.7 Å². The van der Waals surface area contributed by atoms with Gasteiger partial charge < -0.3 is 9.72 Å². The molecule has 8 heteroatoms. The summed E-state index contributed by atoms with van der Waals surface area (Å²) in [5.41, 5.74) is 1.27. The second-order valence-corrected chi connectivity index (χ2v) is 8.16. The molecule has 1 aromatic heterocycles. The number of hydrogen-bond acceptors (Lipinski definition) is 5. The molecule has 2 atom stereocenters. The Hall–Kier alpha value is -2.19. The molecule has 0 unspecified atom stereocenters. The summed E-state index contributed by atoms with van der Waals surface area (Å²) in [4.78, 5) is 28.0. The predicted molar refractivity (Wildman–Crippen MR) is 92.8 cm³/mol. The zero-order valence-electron chi connectivity index (χ0n) is 14.1. The third kappa shape index (κ3) is 3.45. The van der Waals surface area contributed by atoms with Gasteiger partial charge in [-0.25, -0.2) is 8.42 Å². The fourth-order valence-electron chi connectivity index (χ4n) is 3.17. The normalized spacial score (nSPS) is 19.8. The van der Waals surface area contributed by atoms with Crippen LogP contribution >= 0.6 is 0 Å². The molecule has 25 heavy (non-hydrogen) atoms. The average molecular weight is 364 g/mol. The zero-order chi connectivity index (χ0) is 18.2. The Bertz CT molecular complexity index is 918. The van der Waals surface area contributed by atoms with E-state index in [1.807, 2.05) is 24.3 Å². The van der Waals surface area contributed by atoms with Crippen molar-refractivity contribution in [1.82, 2.24) is 9.29 Å². The number of esters is 1. The minimum atomic E-state index is -3.48. The van der Waals surface area contributed by atoms with Crippen molar-refractivity contribution in [3.63, 3.8) is 0 Å². The molecule has 0 bridgehead atoms. The monoisotopic (exact) mass is 364 g/mol. The van der Waals surface area contributed by atoms with Crippen molar-refractivity contribution in [3.8, 4) is 0 Å². The number of aromatic nitrogens is 1. The van der Waals surface area contributed by atoms with E-state index in [0.717, 1.165) is 21.5 Å². The number of hydrogen-bond donors (Lipinski definition) is 1. The number of ketones is 1. The molecule has 1 saturated heterocycles. The van der Waals surface area contributed by atoms with Gasteiger partial charge in [-0.3, -0.25) is 9.59 Å². The molecular formula is C17H20N2O5S. The van der Waals surface area contributed by atoms with E-state index in [0.29, 0.717) is 24.9 Å². The lowest BCUT2D eigenvalue weighted by molar-refractivity contribution is -0.150. The summed E-state index contributed by atoms with van der Waals surface area (Å²) in [6.45, 7) is 1.80. The van der Waals surface area contributed by atoms with Crippen LogP contribution in [0.1, 0.15) is 30.1 Å². The van der Waals surface area contributed by atoms with Gasteiger partial charge in [-0.05, 0) is 25.8 Å². The lowest BCUT2D eigenvalue weighted by atomic mass is 10.1. The predicted octanol–water partition coefficient (Wildman–Crippen LogP) is 1.71. The Labute approximate surface area is 146 Å². The Balaban J connectivity index is 1.74. The number of aromatic amines is 1. The van der Waals surface area contributed by atoms with Gasteiger partial charge in [0.15, 0.2) is 6.10 Å². The van der Waals surface area contributed by atoms with E-state index in [1.165, 1.54) is 6.92 Å². The number of carbonyl (C=O) groups is 2. The summed E-state index contributed by atoms with van der Waals surface area (Å²) >= 11 is 0. The number of benzene rings is 1. The Kier molecular flexibility index (Phi) is 4.66. The van der Waals surface area contributed by atoms with E-state index >= 15 is 0 Å². The first-order chi connectivity index (χ1) is 11.8. The van der Waals surface area contributed by atoms with E-state index in [4.69, 9.17) is 4.74 Å². The molecular weight excluding hydrogens is 344 g/mol. The van der Waals surface area contributed by atoms with Gasteiger partial charge in [-0.15, -0.1) is 0 Å². The van der Waals surface area contributed by atoms with Gasteiger partial charge >= 0.3 is 5.97 Å². The minimum absolute atomic E-state index is 0.295. The van der Waals surface area contributed by atoms with E-state index in [9.17, 15) is 18.0 Å². The number of nitrogens with one attached hydrogen (secondary N) is 1. The highest BCUT2D eigenvalue weighted by Gasteiger charge is 2.38. The van der Waals surface area contributed by atoms with Crippen molar-refractivity contribution in [2.45, 2.75) is 31.9 Å². The number of nitrogens with zero attached hydrogens (tertiary/aromatic N) is 1. The van der Waals surface area contributed by atoms with Crippen LogP contribution in [0.2, 0.25) is 0 Å². The van der Waals surface area contributed by atoms with Crippen LogP contribution in [-0.4, -0.2) is 54.4 Å². The van der Waals surface area contributed by atoms with E-state index in [-0.39, 0.29) is 5.78 Å². The van der Waals surface area contributed by atoms with Crippen LogP contribution in [-0.2, 0) is 19.6 Å². The van der Waals surface area contributed by atoms with Crippen LogP contribution in [0.3, 0.4) is 0 Å². The zero-order valence-corrected chi connectivity index (χ0v) is 14.9. The maximum absolute atomic E-state index is 12.6. The first-order valence-electron chi connectivity index (χ1n) is 8.06. The van der Waals surface area contributed by atoms with Gasteiger partial charge in [-0.2, -0.15) is 4.31 Å². The first-order valence-corrected chi connectivity index (χ1v) is 9.91. The maximum atomic E-state index is 12.6. The van der Waals surface area contributed by atoms with Crippen molar-refractivity contribution in [2.75, 3.05) is 12.8 Å². The van der Waals surface area contributed by atoms with E-state index < -0.39 is 28.1 Å². The molecule has 1 aromatic carbocycles. The minimum Gasteiger partial charge on any atom is -0.453 e. The van der Waals surface area contributed by atoms with Crippen LogP contribution in [0.5, 0.6) is 0 Å². The van der Waals surface area contributed by atoms with Crippen LogP contribution in [0.15, 0.2) is 30.5 Å². The highest BCUT2D eigenvalue weighted by molar-refractivity contribution is 7.88. The number of Topliss-reactive ketones (excluding diaryl/α,β-unsaturated/α-hetero) is 1. The molecule has 2 heterocycles. The van der Waals surface area contributed by atoms with Crippen molar-refractivity contribution in [1.29, 1.82) is 0 Å². The number of carbonyl (C=O) groups excluding carboxylic acids is 2. The van der Waals surface area contributed by atoms with Gasteiger partial charge in [0.1, 0.15) is 6.04 Å². The Morgan fingerprint density at radius 1 is 1.32 bits per heavy atom. The van der Waals surface area contributed by atoms with Crippen LogP contribution in [0, 0.1) is 0 Å². The number of H-pyrrole nitrogens is 1. The lowest BCUT2D eigenvalue weighted by Crippen LogP contribution is -2.42. The second kappa shape index (κ2) is 6.61. The third-order valence-corrected chi connectivity index (χ3v) is 5.71. The number of fused-ring (bicyclic) bond motifs is 1. The molecule has 2 aromatic rings. The molecule has 3 rings (SSSR count). The third-order valence-electron chi connectivity index (χ3n) is 4.42. The Morgan fingerprint density at radius 2 is 2.04 bits per heavy atom. The van der Waals surface area contributed by atoms with Crippen LogP contribution in [0.4, 0.5) is 0 Å². The van der Waals surface area contributed by atoms with E-state index in [1.54, 1.807) is 6.20 Å². The summed E-state index contributed by atoms with van der Waals surface area (Å²) in [7, 11) is -3.48. The molecule has 0 saturated carbocycles. The number of ether oxygens (including phenoxy) is 1. The summed E-state index contributed by atoms with van der Waals surface area (Å²) in [5, 5.41) is 0.758. The van der Waals surface area contributed by atoms with Gasteiger partial charge in [0.2, 0.25) is 15.8 Å². The number of para-hydroxylation sites is 1. The molecule has 1 fully saturated rings. The number of sulfonamides is 1. The molecule has 7 nitrogen and oxygen atoms in total. The lowest BCUT2D eigenvalue weighted by Gasteiger charge is -2.22. The molecule has 134 valence electrons. The van der Waals surface area contributed by atoms with Gasteiger partial charge in [0, 0.05) is 29.2 Å². The summed E-state index contributed by atoms with van der Waals surface area (Å²) in [5.74, 6) is -1.00. The van der Waals surface area contributed by atoms with Gasteiger partial charge in [-0.1, -0.05) is 18.2 Å². The molecule has 1 aliphatic rings. The highest BCUT2D eigenvalue weighted by atomic mass is 32.2. The maximum Gasteiger partial charge on any atom is 0.325 e. The average Bonchev–Trinajstić information content (AvgIpc) is 3.20. The standard InChI is InChI=1S/C17H20N2O5S/c1-11(16(20)13-10-18-14-7-4-3-6-12(13)14)24-17(21)15-8-5-9-19(15)25(2,22)23/h3-4,6-7,10-11,15,18H,5,8-9H2,1-2H3/t11-,15-/m1/s1. The van der Waals surface area contributed by atoms with Crippen molar-refractivity contribution in [3.05, 3.63) is 36.0 Å². The second-order valence-electron chi connectivity index (χ2n) is 6.22. The van der Waals surface area contributed by atoms with E-state index in [2.05, 4.69) is 4.98 Å². The molecule has 0 radical (unpaired) electrons. The van der Waals surface area contributed by atoms with Crippen LogP contribution in [0.25, 0.3) is 10.9 Å². The fraction of sp³-hybridized carbons (Fsp3) is 0.412. The Morgan fingerprint density at radius 3 is 2.76 bits per heavy atom. The molecule has 0 aliphatic carbocycles.